The first-order valence-electron chi connectivity index (χ1n) is 13.0. The third-order valence-corrected chi connectivity index (χ3v) is 4.65. The first kappa shape index (κ1) is 55.2. The molecule has 0 amide bonds. The van der Waals surface area contributed by atoms with Crippen molar-refractivity contribution >= 4 is 29.8 Å². The molecule has 17 heteroatoms. The Morgan fingerprint density at radius 3 is 0.574 bits per heavy atom. The molecule has 0 radical (unpaired) electrons. The van der Waals surface area contributed by atoms with Gasteiger partial charge in [0.2, 0.25) is 0 Å². The van der Waals surface area contributed by atoms with Crippen LogP contribution >= 0.6 is 0 Å². The van der Waals surface area contributed by atoms with Gasteiger partial charge in [-0.25, -0.2) is 24.0 Å². The zero-order valence-corrected chi connectivity index (χ0v) is 27.6. The Labute approximate surface area is 274 Å². The molecule has 0 unspecified atom stereocenters. The summed E-state index contributed by atoms with van der Waals surface area (Å²) in [5, 5.41) is 93.6. The summed E-state index contributed by atoms with van der Waals surface area (Å²) in [6, 6.07) is 0. The van der Waals surface area contributed by atoms with E-state index in [1.807, 2.05) is 0 Å². The van der Waals surface area contributed by atoms with Crippen molar-refractivity contribution in [3.05, 3.63) is 60.8 Å². The number of rotatable bonds is 15. The molecule has 0 rings (SSSR count). The van der Waals surface area contributed by atoms with Gasteiger partial charge < -0.3 is 60.9 Å². The number of carbonyl (C=O) groups is 5. The highest BCUT2D eigenvalue weighted by molar-refractivity contribution is 5.86. The van der Waals surface area contributed by atoms with Crippen LogP contribution in [-0.4, -0.2) is 139 Å². The van der Waals surface area contributed by atoms with Gasteiger partial charge in [0.15, 0.2) is 0 Å². The molecule has 17 nitrogen and oxygen atoms in total. The van der Waals surface area contributed by atoms with E-state index in [1.54, 1.807) is 0 Å². The van der Waals surface area contributed by atoms with Crippen molar-refractivity contribution in [2.24, 2.45) is 10.8 Å². The third-order valence-electron chi connectivity index (χ3n) is 4.65. The summed E-state index contributed by atoms with van der Waals surface area (Å²) in [5.74, 6) is -4.68. The van der Waals surface area contributed by atoms with Crippen molar-refractivity contribution in [3.8, 4) is 0 Å². The minimum Gasteiger partial charge on any atom is -0.478 e. The Morgan fingerprint density at radius 2 is 0.511 bits per heavy atom. The maximum Gasteiger partial charge on any atom is 0.330 e. The fourth-order valence-corrected chi connectivity index (χ4v) is 1.06. The number of aliphatic hydroxyl groups excluding tert-OH is 6. The van der Waals surface area contributed by atoms with Gasteiger partial charge in [-0.2, -0.15) is 0 Å². The molecule has 0 aliphatic rings. The Bertz CT molecular complexity index is 784. The molecule has 0 heterocycles. The van der Waals surface area contributed by atoms with Gasteiger partial charge in [0, 0.05) is 27.9 Å². The van der Waals surface area contributed by atoms with E-state index in [1.165, 1.54) is 34.6 Å². The summed E-state index contributed by atoms with van der Waals surface area (Å²) >= 11 is 0. The average molecular weight is 685 g/mol. The van der Waals surface area contributed by atoms with Crippen LogP contribution in [0.5, 0.6) is 0 Å². The minimum absolute atomic E-state index is 0.141. The smallest absolute Gasteiger partial charge is 0.330 e. The number of hydrogen-bond donors (Lipinski definition) is 11. The van der Waals surface area contributed by atoms with Crippen molar-refractivity contribution in [1.29, 1.82) is 0 Å². The van der Waals surface area contributed by atoms with E-state index in [2.05, 4.69) is 32.9 Å². The van der Waals surface area contributed by atoms with Crippen LogP contribution in [0.3, 0.4) is 0 Å². The lowest BCUT2D eigenvalue weighted by atomic mass is 9.91. The van der Waals surface area contributed by atoms with Crippen molar-refractivity contribution in [3.63, 3.8) is 0 Å². The summed E-state index contributed by atoms with van der Waals surface area (Å²) in [6.07, 6.45) is 0. The lowest BCUT2D eigenvalue weighted by Gasteiger charge is -2.31. The second kappa shape index (κ2) is 31.7. The Kier molecular flexibility index (Phi) is 37.3. The van der Waals surface area contributed by atoms with Gasteiger partial charge in [-0.1, -0.05) is 32.9 Å². The number of carboxylic acid groups (broad SMARTS) is 5. The molecule has 0 spiro atoms. The highest BCUT2D eigenvalue weighted by Gasteiger charge is 2.32. The van der Waals surface area contributed by atoms with Crippen molar-refractivity contribution in [1.82, 2.24) is 0 Å². The quantitative estimate of drug-likeness (QED) is 0.102. The molecule has 0 aromatic carbocycles. The van der Waals surface area contributed by atoms with E-state index in [0.717, 1.165) is 0 Å². The molecule has 0 aromatic heterocycles. The van der Waals surface area contributed by atoms with E-state index < -0.39 is 80.3 Å². The van der Waals surface area contributed by atoms with E-state index in [9.17, 15) is 24.0 Å². The number of aliphatic hydroxyl groups is 6. The predicted octanol–water partition coefficient (Wildman–Crippen LogP) is 0.165. The topological polar surface area (TPSA) is 317 Å². The number of hydrogen-bond acceptors (Lipinski definition) is 12. The molecule has 0 saturated heterocycles. The van der Waals surface area contributed by atoms with E-state index in [0.29, 0.717) is 0 Å². The fourth-order valence-electron chi connectivity index (χ4n) is 1.06. The summed E-state index contributed by atoms with van der Waals surface area (Å²) in [5.41, 5.74) is -1.44. The highest BCUT2D eigenvalue weighted by Crippen LogP contribution is 2.19. The van der Waals surface area contributed by atoms with Crippen molar-refractivity contribution in [2.45, 2.75) is 34.6 Å². The molecular weight excluding hydrogens is 632 g/mol. The van der Waals surface area contributed by atoms with Crippen LogP contribution in [0, 0.1) is 10.8 Å². The molecule has 0 aromatic rings. The maximum absolute atomic E-state index is 9.60. The highest BCUT2D eigenvalue weighted by atomic mass is 16.5. The average Bonchev–Trinajstić information content (AvgIpc) is 2.99. The van der Waals surface area contributed by atoms with Crippen LogP contribution < -0.4 is 0 Å². The van der Waals surface area contributed by atoms with Crippen LogP contribution in [0.15, 0.2) is 60.8 Å². The van der Waals surface area contributed by atoms with Crippen LogP contribution in [0.2, 0.25) is 0 Å². The second-order valence-corrected chi connectivity index (χ2v) is 9.87. The molecule has 0 saturated carbocycles. The van der Waals surface area contributed by atoms with E-state index in [-0.39, 0.29) is 41.1 Å². The van der Waals surface area contributed by atoms with Gasteiger partial charge in [0.05, 0.1) is 63.7 Å². The molecule has 0 bridgehead atoms. The zero-order valence-electron chi connectivity index (χ0n) is 27.6. The summed E-state index contributed by atoms with van der Waals surface area (Å²) in [6.45, 7) is 20.0. The van der Waals surface area contributed by atoms with Gasteiger partial charge in [-0.15, -0.1) is 0 Å². The molecule has 0 fully saturated rings. The minimum atomic E-state index is -1.16. The Morgan fingerprint density at radius 1 is 0.404 bits per heavy atom. The second-order valence-electron chi connectivity index (χ2n) is 9.87. The van der Waals surface area contributed by atoms with Crippen LogP contribution in [0.25, 0.3) is 0 Å². The third kappa shape index (κ3) is 37.9. The Hall–Kier alpha value is -4.23. The molecular formula is C30H52O17. The normalized spacial score (nSPS) is 9.51. The van der Waals surface area contributed by atoms with E-state index in [4.69, 9.17) is 60.9 Å². The van der Waals surface area contributed by atoms with Gasteiger partial charge in [-0.3, -0.25) is 0 Å². The molecule has 11 N–H and O–H groups in total. The SMILES string of the molecule is C=C(C)C(=O)O.C=C(C)C(=O)O.C=C(C)C(=O)O.C=C(C)C(=O)O.C=C(C)C(=O)O.OCC(CO)(CO)COCC(CO)(CO)CO. The summed E-state index contributed by atoms with van der Waals surface area (Å²) in [4.78, 5) is 48.0. The monoisotopic (exact) mass is 684 g/mol. The van der Waals surface area contributed by atoms with Gasteiger partial charge in [0.1, 0.15) is 0 Å². The van der Waals surface area contributed by atoms with Gasteiger partial charge >= 0.3 is 29.8 Å². The molecule has 0 aliphatic heterocycles. The molecule has 0 atom stereocenters. The van der Waals surface area contributed by atoms with Crippen molar-refractivity contribution < 1.29 is 84.9 Å². The van der Waals surface area contributed by atoms with Crippen LogP contribution in [0.4, 0.5) is 0 Å². The van der Waals surface area contributed by atoms with E-state index >= 15 is 0 Å². The lowest BCUT2D eigenvalue weighted by molar-refractivity contribution is -0.133. The number of carboxylic acids is 5. The standard InChI is InChI=1S/C10H22O7.5C4H6O2/c11-1-9(2-12,3-13)7-17-8-10(4-14,5-15)6-16;5*1-3(2)4(5)6/h11-16H,1-8H2;5*1H2,2H3,(H,5,6). The van der Waals surface area contributed by atoms with Gasteiger partial charge in [0.25, 0.3) is 0 Å². The fraction of sp³-hybridized carbons (Fsp3) is 0.500. The van der Waals surface area contributed by atoms with Gasteiger partial charge in [-0.05, 0) is 34.6 Å². The first-order valence-corrected chi connectivity index (χ1v) is 13.0. The summed E-state index contributed by atoms with van der Waals surface area (Å²) in [7, 11) is 0. The molecule has 0 aliphatic carbocycles. The van der Waals surface area contributed by atoms with Crippen LogP contribution in [-0.2, 0) is 28.7 Å². The molecule has 274 valence electrons. The predicted molar refractivity (Wildman–Crippen MR) is 170 cm³/mol. The number of ether oxygens (including phenoxy) is 1. The van der Waals surface area contributed by atoms with Crippen molar-refractivity contribution in [2.75, 3.05) is 52.9 Å². The molecule has 47 heavy (non-hydrogen) atoms. The lowest BCUT2D eigenvalue weighted by Crippen LogP contribution is -2.43. The first-order chi connectivity index (χ1) is 21.3. The maximum atomic E-state index is 9.60. The van der Waals surface area contributed by atoms with Crippen LogP contribution in [0.1, 0.15) is 34.6 Å². The largest absolute Gasteiger partial charge is 0.478 e. The number of aliphatic carboxylic acids is 5. The Balaban J connectivity index is -0.000000117. The summed E-state index contributed by atoms with van der Waals surface area (Å²) < 4.78 is 5.15. The zero-order chi connectivity index (χ0) is 39.1.